The van der Waals surface area contributed by atoms with Crippen LogP contribution >= 0.6 is 0 Å². The number of benzene rings is 2. The topological polar surface area (TPSA) is 58.6 Å². The Hall–Kier alpha value is -2.59. The number of hydrogen-bond acceptors (Lipinski definition) is 3. The lowest BCUT2D eigenvalue weighted by molar-refractivity contribution is -0.124. The summed E-state index contributed by atoms with van der Waals surface area (Å²) in [5.41, 5.74) is 3.51. The molecule has 1 amide bonds. The Morgan fingerprint density at radius 3 is 2.60 bits per heavy atom. The predicted molar refractivity (Wildman–Crippen MR) is 76.7 cm³/mol. The Bertz CT molecular complexity index is 618. The van der Waals surface area contributed by atoms with E-state index in [4.69, 9.17) is 9.94 Å². The summed E-state index contributed by atoms with van der Waals surface area (Å²) >= 11 is 0. The number of nitrogens with one attached hydrogen (secondary N) is 1. The van der Waals surface area contributed by atoms with Crippen LogP contribution in [0.25, 0.3) is 6.08 Å². The smallest absolute Gasteiger partial charge is 0.267 e. The lowest BCUT2D eigenvalue weighted by atomic mass is 10.2. The maximum atomic E-state index is 10.9. The van der Waals surface area contributed by atoms with E-state index in [1.54, 1.807) is 12.1 Å². The van der Waals surface area contributed by atoms with Crippen LogP contribution in [-0.2, 0) is 4.79 Å². The average molecular weight is 269 g/mol. The van der Waals surface area contributed by atoms with Gasteiger partial charge >= 0.3 is 0 Å². The molecule has 0 aliphatic carbocycles. The molecule has 0 atom stereocenters. The van der Waals surface area contributed by atoms with Gasteiger partial charge in [-0.05, 0) is 42.8 Å². The van der Waals surface area contributed by atoms with E-state index in [1.807, 2.05) is 49.4 Å². The van der Waals surface area contributed by atoms with Gasteiger partial charge in [-0.2, -0.15) is 0 Å². The summed E-state index contributed by atoms with van der Waals surface area (Å²) in [5.74, 6) is 0.861. The van der Waals surface area contributed by atoms with E-state index in [-0.39, 0.29) is 0 Å². The van der Waals surface area contributed by atoms with E-state index in [2.05, 4.69) is 0 Å². The number of hydroxylamine groups is 1. The van der Waals surface area contributed by atoms with Crippen LogP contribution in [0.4, 0.5) is 0 Å². The zero-order valence-electron chi connectivity index (χ0n) is 11.0. The monoisotopic (exact) mass is 269 g/mol. The largest absolute Gasteiger partial charge is 0.457 e. The molecule has 0 saturated carbocycles. The van der Waals surface area contributed by atoms with Crippen molar-refractivity contribution < 1.29 is 14.7 Å². The van der Waals surface area contributed by atoms with E-state index >= 15 is 0 Å². The second kappa shape index (κ2) is 6.54. The van der Waals surface area contributed by atoms with Gasteiger partial charge in [0.15, 0.2) is 0 Å². The standard InChI is InChI=1S/C16H15NO3/c1-12-5-8-14(9-6-12)20-15-4-2-3-13(11-15)7-10-16(18)17-19/h2-11,19H,1H3,(H,17,18)/b10-7+. The van der Waals surface area contributed by atoms with E-state index in [0.29, 0.717) is 5.75 Å². The van der Waals surface area contributed by atoms with E-state index in [9.17, 15) is 4.79 Å². The van der Waals surface area contributed by atoms with Crippen molar-refractivity contribution in [1.82, 2.24) is 5.48 Å². The van der Waals surface area contributed by atoms with Crippen LogP contribution in [-0.4, -0.2) is 11.1 Å². The molecule has 4 nitrogen and oxygen atoms in total. The highest BCUT2D eigenvalue weighted by Crippen LogP contribution is 2.22. The van der Waals surface area contributed by atoms with Crippen molar-refractivity contribution in [2.75, 3.05) is 0 Å². The molecule has 0 fully saturated rings. The number of ether oxygens (including phenoxy) is 1. The molecule has 0 aliphatic rings. The summed E-state index contributed by atoms with van der Waals surface area (Å²) in [6, 6.07) is 15.1. The van der Waals surface area contributed by atoms with Crippen LogP contribution in [0, 0.1) is 6.92 Å². The molecule has 102 valence electrons. The molecule has 0 aromatic heterocycles. The minimum Gasteiger partial charge on any atom is -0.457 e. The third-order valence-corrected chi connectivity index (χ3v) is 2.65. The van der Waals surface area contributed by atoms with Crippen molar-refractivity contribution in [3.63, 3.8) is 0 Å². The number of amides is 1. The van der Waals surface area contributed by atoms with Crippen LogP contribution < -0.4 is 10.2 Å². The quantitative estimate of drug-likeness (QED) is 0.508. The molecule has 0 unspecified atom stereocenters. The molecule has 2 rings (SSSR count). The third-order valence-electron chi connectivity index (χ3n) is 2.65. The van der Waals surface area contributed by atoms with Gasteiger partial charge in [-0.15, -0.1) is 0 Å². The summed E-state index contributed by atoms with van der Waals surface area (Å²) in [6.07, 6.45) is 2.83. The summed E-state index contributed by atoms with van der Waals surface area (Å²) < 4.78 is 5.72. The maximum Gasteiger partial charge on any atom is 0.267 e. The second-order valence-corrected chi connectivity index (χ2v) is 4.30. The number of carbonyl (C=O) groups excluding carboxylic acids is 1. The fourth-order valence-corrected chi connectivity index (χ4v) is 1.63. The predicted octanol–water partition coefficient (Wildman–Crippen LogP) is 3.31. The lowest BCUT2D eigenvalue weighted by Crippen LogP contribution is -2.14. The minimum absolute atomic E-state index is 0.574. The van der Waals surface area contributed by atoms with Crippen molar-refractivity contribution in [1.29, 1.82) is 0 Å². The van der Waals surface area contributed by atoms with Crippen molar-refractivity contribution in [2.45, 2.75) is 6.92 Å². The molecule has 2 aromatic rings. The molecule has 0 bridgehead atoms. The first-order valence-corrected chi connectivity index (χ1v) is 6.14. The number of rotatable bonds is 4. The molecule has 0 aliphatic heterocycles. The number of carbonyl (C=O) groups is 1. The normalized spacial score (nSPS) is 10.5. The Morgan fingerprint density at radius 1 is 1.15 bits per heavy atom. The minimum atomic E-state index is -0.574. The van der Waals surface area contributed by atoms with Gasteiger partial charge in [0.05, 0.1) is 0 Å². The van der Waals surface area contributed by atoms with Crippen molar-refractivity contribution in [3.05, 3.63) is 65.7 Å². The van der Waals surface area contributed by atoms with Gasteiger partial charge < -0.3 is 4.74 Å². The summed E-state index contributed by atoms with van der Waals surface area (Å²) in [6.45, 7) is 2.02. The highest BCUT2D eigenvalue weighted by Gasteiger charge is 1.98. The van der Waals surface area contributed by atoms with Gasteiger partial charge in [-0.25, -0.2) is 5.48 Å². The summed E-state index contributed by atoms with van der Waals surface area (Å²) in [7, 11) is 0. The van der Waals surface area contributed by atoms with Crippen LogP contribution in [0.5, 0.6) is 11.5 Å². The molecular formula is C16H15NO3. The molecular weight excluding hydrogens is 254 g/mol. The van der Waals surface area contributed by atoms with E-state index < -0.39 is 5.91 Å². The van der Waals surface area contributed by atoms with Crippen molar-refractivity contribution in [3.8, 4) is 11.5 Å². The van der Waals surface area contributed by atoms with Crippen LogP contribution in [0.1, 0.15) is 11.1 Å². The molecule has 4 heteroatoms. The zero-order chi connectivity index (χ0) is 14.4. The molecule has 0 saturated heterocycles. The number of aryl methyl sites for hydroxylation is 1. The fraction of sp³-hybridized carbons (Fsp3) is 0.0625. The van der Waals surface area contributed by atoms with Gasteiger partial charge in [-0.1, -0.05) is 29.8 Å². The first-order valence-electron chi connectivity index (χ1n) is 6.14. The van der Waals surface area contributed by atoms with Crippen LogP contribution in [0.3, 0.4) is 0 Å². The molecule has 20 heavy (non-hydrogen) atoms. The van der Waals surface area contributed by atoms with Crippen LogP contribution in [0.2, 0.25) is 0 Å². The molecule has 0 heterocycles. The zero-order valence-corrected chi connectivity index (χ0v) is 11.0. The number of hydrogen-bond donors (Lipinski definition) is 2. The van der Waals surface area contributed by atoms with Crippen LogP contribution in [0.15, 0.2) is 54.6 Å². The second-order valence-electron chi connectivity index (χ2n) is 4.30. The van der Waals surface area contributed by atoms with Gasteiger partial charge in [-0.3, -0.25) is 10.0 Å². The Morgan fingerprint density at radius 2 is 1.90 bits per heavy atom. The highest BCUT2D eigenvalue weighted by atomic mass is 16.5. The van der Waals surface area contributed by atoms with E-state index in [1.165, 1.54) is 17.1 Å². The van der Waals surface area contributed by atoms with Gasteiger partial charge in [0.1, 0.15) is 11.5 Å². The molecule has 0 spiro atoms. The Balaban J connectivity index is 2.11. The molecule has 2 aromatic carbocycles. The van der Waals surface area contributed by atoms with E-state index in [0.717, 1.165) is 11.3 Å². The summed E-state index contributed by atoms with van der Waals surface area (Å²) in [5, 5.41) is 8.41. The fourth-order valence-electron chi connectivity index (χ4n) is 1.63. The lowest BCUT2D eigenvalue weighted by Gasteiger charge is -2.06. The maximum absolute atomic E-state index is 10.9. The Kier molecular flexibility index (Phi) is 4.52. The third kappa shape index (κ3) is 3.96. The van der Waals surface area contributed by atoms with Crippen molar-refractivity contribution >= 4 is 12.0 Å². The summed E-state index contributed by atoms with van der Waals surface area (Å²) in [4.78, 5) is 10.9. The first kappa shape index (κ1) is 13.8. The van der Waals surface area contributed by atoms with Gasteiger partial charge in [0.25, 0.3) is 5.91 Å². The average Bonchev–Trinajstić information content (AvgIpc) is 2.47. The van der Waals surface area contributed by atoms with Gasteiger partial charge in [0, 0.05) is 6.08 Å². The molecule has 0 radical (unpaired) electrons. The van der Waals surface area contributed by atoms with Gasteiger partial charge in [0.2, 0.25) is 0 Å². The highest BCUT2D eigenvalue weighted by molar-refractivity contribution is 5.90. The molecule has 2 N–H and O–H groups in total. The first-order chi connectivity index (χ1) is 9.67. The SMILES string of the molecule is Cc1ccc(Oc2cccc(/C=C/C(=O)NO)c2)cc1. The van der Waals surface area contributed by atoms with Crippen molar-refractivity contribution in [2.24, 2.45) is 0 Å². The Labute approximate surface area is 117 Å².